The van der Waals surface area contributed by atoms with Crippen LogP contribution in [0.1, 0.15) is 32.6 Å². The molecule has 0 unspecified atom stereocenters. The van der Waals surface area contributed by atoms with Crippen LogP contribution in [0.4, 0.5) is 5.95 Å². The minimum absolute atomic E-state index is 0.0388. The normalized spacial score (nSPS) is 20.0. The quantitative estimate of drug-likeness (QED) is 0.747. The summed E-state index contributed by atoms with van der Waals surface area (Å²) < 4.78 is 1.72. The summed E-state index contributed by atoms with van der Waals surface area (Å²) in [4.78, 5) is 20.2. The van der Waals surface area contributed by atoms with Gasteiger partial charge in [-0.15, -0.1) is 5.10 Å². The van der Waals surface area contributed by atoms with Crippen LogP contribution in [0.5, 0.6) is 0 Å². The van der Waals surface area contributed by atoms with Crippen LogP contribution in [0.3, 0.4) is 0 Å². The van der Waals surface area contributed by atoms with Crippen molar-refractivity contribution in [3.8, 4) is 5.69 Å². The predicted molar refractivity (Wildman–Crippen MR) is 97.9 cm³/mol. The number of aromatic nitrogens is 5. The Morgan fingerprint density at radius 3 is 2.58 bits per heavy atom. The van der Waals surface area contributed by atoms with Crippen LogP contribution in [-0.4, -0.2) is 43.0 Å². The molecule has 0 atom stereocenters. The molecule has 2 heterocycles. The van der Waals surface area contributed by atoms with Crippen LogP contribution in [-0.2, 0) is 4.79 Å². The molecule has 1 fully saturated rings. The molecule has 2 aromatic heterocycles. The lowest BCUT2D eigenvalue weighted by atomic mass is 9.91. The summed E-state index contributed by atoms with van der Waals surface area (Å²) in [5.74, 6) is 0.622. The fourth-order valence-electron chi connectivity index (χ4n) is 3.39. The van der Waals surface area contributed by atoms with Gasteiger partial charge in [0.1, 0.15) is 0 Å². The zero-order chi connectivity index (χ0) is 17.9. The zero-order valence-electron chi connectivity index (χ0n) is 14.6. The van der Waals surface area contributed by atoms with Crippen molar-refractivity contribution in [2.45, 2.75) is 44.7 Å². The van der Waals surface area contributed by atoms with E-state index in [9.17, 15) is 4.79 Å². The minimum Gasteiger partial charge on any atom is -0.354 e. The molecule has 134 valence electrons. The van der Waals surface area contributed by atoms with Crippen molar-refractivity contribution < 1.29 is 4.79 Å². The fraction of sp³-hybridized carbons (Fsp3) is 0.389. The standard InChI is InChI=1S/C18H21N7O/c1-12(26)20-13-7-9-14(10-8-13)21-18-19-11-16-17(22-18)25(24-23-16)15-5-3-2-4-6-15/h2-6,11,13-14H,7-10H2,1H3,(H,20,26)(H,19,21,22). The maximum atomic E-state index is 11.2. The van der Waals surface area contributed by atoms with Gasteiger partial charge in [0.15, 0.2) is 11.2 Å². The van der Waals surface area contributed by atoms with Crippen LogP contribution < -0.4 is 10.6 Å². The third-order valence-electron chi connectivity index (χ3n) is 4.66. The number of hydrogen-bond donors (Lipinski definition) is 2. The Morgan fingerprint density at radius 1 is 1.12 bits per heavy atom. The molecule has 0 bridgehead atoms. The Labute approximate surface area is 151 Å². The highest BCUT2D eigenvalue weighted by atomic mass is 16.1. The smallest absolute Gasteiger partial charge is 0.225 e. The average molecular weight is 351 g/mol. The van der Waals surface area contributed by atoms with Crippen LogP contribution in [0, 0.1) is 0 Å². The summed E-state index contributed by atoms with van der Waals surface area (Å²) in [5.41, 5.74) is 2.25. The number of hydrogen-bond acceptors (Lipinski definition) is 6. The Kier molecular flexibility index (Phi) is 4.47. The van der Waals surface area contributed by atoms with Crippen molar-refractivity contribution in [2.24, 2.45) is 0 Å². The van der Waals surface area contributed by atoms with E-state index in [0.717, 1.165) is 31.4 Å². The molecule has 1 saturated carbocycles. The fourth-order valence-corrected chi connectivity index (χ4v) is 3.39. The molecule has 0 radical (unpaired) electrons. The molecule has 8 nitrogen and oxygen atoms in total. The number of amides is 1. The van der Waals surface area contributed by atoms with E-state index in [-0.39, 0.29) is 11.9 Å². The first-order valence-corrected chi connectivity index (χ1v) is 8.86. The largest absolute Gasteiger partial charge is 0.354 e. The van der Waals surface area contributed by atoms with E-state index in [2.05, 4.69) is 30.9 Å². The lowest BCUT2D eigenvalue weighted by Gasteiger charge is -2.29. The summed E-state index contributed by atoms with van der Waals surface area (Å²) >= 11 is 0. The molecular formula is C18H21N7O. The molecule has 8 heteroatoms. The Balaban J connectivity index is 1.49. The van der Waals surface area contributed by atoms with Crippen LogP contribution in [0.15, 0.2) is 36.5 Å². The van der Waals surface area contributed by atoms with Gasteiger partial charge in [0.2, 0.25) is 11.9 Å². The topological polar surface area (TPSA) is 97.6 Å². The highest BCUT2D eigenvalue weighted by Gasteiger charge is 2.22. The van der Waals surface area contributed by atoms with Gasteiger partial charge in [0.05, 0.1) is 11.9 Å². The van der Waals surface area contributed by atoms with Crippen LogP contribution in [0.25, 0.3) is 16.9 Å². The van der Waals surface area contributed by atoms with Gasteiger partial charge in [-0.3, -0.25) is 4.79 Å². The molecule has 3 aromatic rings. The lowest BCUT2D eigenvalue weighted by molar-refractivity contribution is -0.119. The Bertz CT molecular complexity index is 900. The second-order valence-electron chi connectivity index (χ2n) is 6.63. The zero-order valence-corrected chi connectivity index (χ0v) is 14.6. The number of benzene rings is 1. The summed E-state index contributed by atoms with van der Waals surface area (Å²) in [6.45, 7) is 1.57. The number of nitrogens with one attached hydrogen (secondary N) is 2. The SMILES string of the molecule is CC(=O)NC1CCC(Nc2ncc3nnn(-c4ccccc4)c3n2)CC1. The van der Waals surface area contributed by atoms with Gasteiger partial charge >= 0.3 is 0 Å². The van der Waals surface area contributed by atoms with E-state index < -0.39 is 0 Å². The Morgan fingerprint density at radius 2 is 1.85 bits per heavy atom. The first kappa shape index (κ1) is 16.4. The number of carbonyl (C=O) groups excluding carboxylic acids is 1. The van der Waals surface area contributed by atoms with Crippen molar-refractivity contribution >= 4 is 23.0 Å². The first-order valence-electron chi connectivity index (χ1n) is 8.86. The van der Waals surface area contributed by atoms with Gasteiger partial charge in [-0.2, -0.15) is 9.67 Å². The van der Waals surface area contributed by atoms with Crippen LogP contribution >= 0.6 is 0 Å². The number of nitrogens with zero attached hydrogens (tertiary/aromatic N) is 5. The molecule has 0 aliphatic heterocycles. The highest BCUT2D eigenvalue weighted by molar-refractivity contribution is 5.73. The van der Waals surface area contributed by atoms with Crippen molar-refractivity contribution in [3.63, 3.8) is 0 Å². The molecule has 1 amide bonds. The molecule has 1 aromatic carbocycles. The summed E-state index contributed by atoms with van der Waals surface area (Å²) in [6, 6.07) is 10.4. The summed E-state index contributed by atoms with van der Waals surface area (Å²) in [7, 11) is 0. The van der Waals surface area contributed by atoms with Gasteiger partial charge in [0.25, 0.3) is 0 Å². The van der Waals surface area contributed by atoms with Crippen molar-refractivity contribution in [1.29, 1.82) is 0 Å². The predicted octanol–water partition coefficient (Wildman–Crippen LogP) is 2.07. The number of fused-ring (bicyclic) bond motifs is 1. The van der Waals surface area contributed by atoms with E-state index in [0.29, 0.717) is 23.2 Å². The van der Waals surface area contributed by atoms with Crippen molar-refractivity contribution in [2.75, 3.05) is 5.32 Å². The molecular weight excluding hydrogens is 330 g/mol. The number of carbonyl (C=O) groups is 1. The number of para-hydroxylation sites is 1. The number of rotatable bonds is 4. The van der Waals surface area contributed by atoms with E-state index in [1.165, 1.54) is 0 Å². The second-order valence-corrected chi connectivity index (χ2v) is 6.63. The highest BCUT2D eigenvalue weighted by Crippen LogP contribution is 2.22. The van der Waals surface area contributed by atoms with E-state index >= 15 is 0 Å². The molecule has 0 spiro atoms. The lowest BCUT2D eigenvalue weighted by Crippen LogP contribution is -2.39. The van der Waals surface area contributed by atoms with Gasteiger partial charge < -0.3 is 10.6 Å². The van der Waals surface area contributed by atoms with Gasteiger partial charge in [-0.1, -0.05) is 23.4 Å². The molecule has 1 aliphatic rings. The van der Waals surface area contributed by atoms with Crippen molar-refractivity contribution in [1.82, 2.24) is 30.3 Å². The Hall–Kier alpha value is -3.03. The van der Waals surface area contributed by atoms with Gasteiger partial charge in [0, 0.05) is 19.0 Å². The molecule has 1 aliphatic carbocycles. The summed E-state index contributed by atoms with van der Waals surface area (Å²) in [5, 5.41) is 14.7. The van der Waals surface area contributed by atoms with Gasteiger partial charge in [-0.05, 0) is 37.8 Å². The molecule has 26 heavy (non-hydrogen) atoms. The summed E-state index contributed by atoms with van der Waals surface area (Å²) in [6.07, 6.45) is 5.57. The maximum Gasteiger partial charge on any atom is 0.225 e. The van der Waals surface area contributed by atoms with E-state index in [1.807, 2.05) is 30.3 Å². The first-order chi connectivity index (χ1) is 12.7. The third-order valence-corrected chi connectivity index (χ3v) is 4.66. The average Bonchev–Trinajstić information content (AvgIpc) is 3.07. The van der Waals surface area contributed by atoms with E-state index in [4.69, 9.17) is 0 Å². The monoisotopic (exact) mass is 351 g/mol. The molecule has 4 rings (SSSR count). The second kappa shape index (κ2) is 7.07. The molecule has 2 N–H and O–H groups in total. The number of anilines is 1. The van der Waals surface area contributed by atoms with E-state index in [1.54, 1.807) is 17.8 Å². The van der Waals surface area contributed by atoms with Gasteiger partial charge in [-0.25, -0.2) is 4.98 Å². The molecule has 0 saturated heterocycles. The van der Waals surface area contributed by atoms with Crippen LogP contribution in [0.2, 0.25) is 0 Å². The third kappa shape index (κ3) is 3.49. The maximum absolute atomic E-state index is 11.2. The minimum atomic E-state index is 0.0388. The van der Waals surface area contributed by atoms with Crippen molar-refractivity contribution in [3.05, 3.63) is 36.5 Å².